The summed E-state index contributed by atoms with van der Waals surface area (Å²) in [5, 5.41) is 0. The third-order valence-corrected chi connectivity index (χ3v) is 17.3. The molecule has 0 amide bonds. The van der Waals surface area contributed by atoms with Gasteiger partial charge in [0, 0.05) is 50.1 Å². The number of hydrogen-bond acceptors (Lipinski definition) is 2. The smallest absolute Gasteiger partial charge is 0.657 e. The number of benzene rings is 6. The molecule has 0 unspecified atom stereocenters. The average molecular weight is 1210 g/mol. The fraction of sp³-hybridized carbons (Fsp3) is 0.238. The van der Waals surface area contributed by atoms with E-state index in [-0.39, 0.29) is 30.3 Å². The molecule has 2 aliphatic heterocycles. The summed E-state index contributed by atoms with van der Waals surface area (Å²) in [6, 6.07) is 54.6. The molecule has 0 spiro atoms. The van der Waals surface area contributed by atoms with Crippen LogP contribution in [0.25, 0.3) is 66.6 Å². The van der Waals surface area contributed by atoms with E-state index in [1.165, 1.54) is 44.5 Å². The van der Waals surface area contributed by atoms with E-state index in [2.05, 4.69) is 199 Å². The Balaban J connectivity index is 0.00000873. The standard InChI is InChI=1S/C84H76N4.Zn/c1-15-69-53(5)79-77(65-46-44-64(45-47-65)43-42-63-40-38-62(39-41-63)37-36-61-34-32-60(33-35-61)31-30-59-28-26-58(27-29-59)25-24-57-22-20-19-21-23-57)80-54(6)70(16-2)74(86-80)52-76-72(18-4)56(8)82(88-76)78(81-55(7)71(17-3)75(87-81)51-73(69)85-79)66-48-67(83(9,10)11)50-68(49-66)84(12,13)14;/h19-23,26-29,32-35,38-41,44-52H,15-18H2,1-14H3;/q-2;+2. The zero-order chi connectivity index (χ0) is 62.0. The van der Waals surface area contributed by atoms with Crippen LogP contribution in [0.3, 0.4) is 0 Å². The first-order chi connectivity index (χ1) is 42.3. The average Bonchev–Trinajstić information content (AvgIpc) is 1.72. The van der Waals surface area contributed by atoms with E-state index in [1.807, 2.05) is 103 Å². The van der Waals surface area contributed by atoms with Crippen LogP contribution in [0.2, 0.25) is 0 Å². The van der Waals surface area contributed by atoms with Crippen LogP contribution in [-0.4, -0.2) is 9.97 Å². The number of aromatic nitrogens is 4. The third kappa shape index (κ3) is 13.3. The summed E-state index contributed by atoms with van der Waals surface area (Å²) >= 11 is 0. The molecule has 0 N–H and O–H groups in total. The molecule has 0 saturated heterocycles. The van der Waals surface area contributed by atoms with Gasteiger partial charge in [0.25, 0.3) is 0 Å². The first-order valence-electron chi connectivity index (χ1n) is 31.1. The van der Waals surface area contributed by atoms with Crippen molar-refractivity contribution in [2.24, 2.45) is 0 Å². The molecule has 2 aliphatic rings. The Kier molecular flexibility index (Phi) is 18.5. The van der Waals surface area contributed by atoms with Crippen molar-refractivity contribution >= 4 is 44.4 Å². The Morgan fingerprint density at radius 2 is 0.674 bits per heavy atom. The number of fused-ring (bicyclic) bond motifs is 8. The van der Waals surface area contributed by atoms with Crippen molar-refractivity contribution in [3.63, 3.8) is 0 Å². The molecule has 9 aromatic rings. The fourth-order valence-electron chi connectivity index (χ4n) is 12.1. The maximum atomic E-state index is 5.72. The normalized spacial score (nSPS) is 12.0. The predicted octanol–water partition coefficient (Wildman–Crippen LogP) is 19.5. The molecule has 5 heterocycles. The Morgan fingerprint density at radius 1 is 0.360 bits per heavy atom. The minimum Gasteiger partial charge on any atom is -0.657 e. The monoisotopic (exact) mass is 1200 g/mol. The summed E-state index contributed by atoms with van der Waals surface area (Å²) in [6.07, 6.45) is 3.30. The minimum absolute atomic E-state index is 0. The van der Waals surface area contributed by atoms with E-state index in [0.29, 0.717) is 0 Å². The van der Waals surface area contributed by atoms with E-state index in [0.717, 1.165) is 148 Å². The molecule has 4 nitrogen and oxygen atoms in total. The molecule has 8 bridgehead atoms. The van der Waals surface area contributed by atoms with Gasteiger partial charge in [-0.05, 0) is 211 Å². The maximum absolute atomic E-state index is 5.72. The molecular formula is C84H76N4Zn. The van der Waals surface area contributed by atoms with Crippen molar-refractivity contribution in [3.8, 4) is 69.6 Å². The molecular weight excluding hydrogens is 1130 g/mol. The number of rotatable bonds is 6. The zero-order valence-electron chi connectivity index (χ0n) is 54.3. The summed E-state index contributed by atoms with van der Waals surface area (Å²) in [5.74, 6) is 26.5. The molecule has 89 heavy (non-hydrogen) atoms. The quantitative estimate of drug-likeness (QED) is 0.123. The van der Waals surface area contributed by atoms with Crippen LogP contribution in [0.15, 0.2) is 158 Å². The molecule has 5 heteroatoms. The van der Waals surface area contributed by atoms with Gasteiger partial charge in [0.05, 0.1) is 22.8 Å². The zero-order valence-corrected chi connectivity index (χ0v) is 57.3. The number of allylic oxidation sites excluding steroid dienone is 4. The molecule has 434 valence electrons. The Hall–Kier alpha value is -9.22. The molecule has 0 fully saturated rings. The van der Waals surface area contributed by atoms with Crippen molar-refractivity contribution in [2.75, 3.05) is 0 Å². The van der Waals surface area contributed by atoms with E-state index < -0.39 is 0 Å². The fourth-order valence-corrected chi connectivity index (χ4v) is 12.1. The summed E-state index contributed by atoms with van der Waals surface area (Å²) in [4.78, 5) is 22.8. The Morgan fingerprint density at radius 3 is 0.978 bits per heavy atom. The topological polar surface area (TPSA) is 54.0 Å². The SMILES string of the molecule is CCC1=C(C)c2nc1cc1[n-]c(c(C)c1CC)c(-c1ccc(C#Cc3ccc(C#Cc4ccc(C#Cc5ccc(C#Cc6ccccc6)cc5)cc4)cc3)cc1)c1[n-]c(cc3nc(c2-c2cc(C(C)(C)C)cc(C(C)(C)C)c2)C(C)=C3CC)c(CC)c1C.[Zn+2]. The first kappa shape index (κ1) is 62.8. The van der Waals surface area contributed by atoms with Gasteiger partial charge in [-0.3, -0.25) is 0 Å². The van der Waals surface area contributed by atoms with Gasteiger partial charge in [-0.25, -0.2) is 9.97 Å². The van der Waals surface area contributed by atoms with Gasteiger partial charge >= 0.3 is 19.5 Å². The van der Waals surface area contributed by atoms with E-state index in [9.17, 15) is 0 Å². The third-order valence-electron chi connectivity index (χ3n) is 17.3. The second kappa shape index (κ2) is 26.2. The van der Waals surface area contributed by atoms with Crippen molar-refractivity contribution in [3.05, 3.63) is 258 Å². The molecule has 0 saturated carbocycles. The van der Waals surface area contributed by atoms with E-state index in [1.54, 1.807) is 0 Å². The maximum Gasteiger partial charge on any atom is 2.00 e. The van der Waals surface area contributed by atoms with Crippen molar-refractivity contribution in [1.82, 2.24) is 19.9 Å². The Bertz CT molecular complexity index is 4570. The summed E-state index contributed by atoms with van der Waals surface area (Å²) in [5.41, 5.74) is 31.5. The van der Waals surface area contributed by atoms with Crippen molar-refractivity contribution < 1.29 is 19.5 Å². The number of aryl methyl sites for hydroxylation is 4. The number of hydrogen-bond donors (Lipinski definition) is 0. The van der Waals surface area contributed by atoms with Gasteiger partial charge in [-0.2, -0.15) is 0 Å². The van der Waals surface area contributed by atoms with Gasteiger partial charge < -0.3 is 9.97 Å². The van der Waals surface area contributed by atoms with Crippen LogP contribution in [0, 0.1) is 61.2 Å². The van der Waals surface area contributed by atoms with Gasteiger partial charge in [0.2, 0.25) is 0 Å². The van der Waals surface area contributed by atoms with Crippen LogP contribution in [0.4, 0.5) is 0 Å². The molecule has 0 aliphatic carbocycles. The van der Waals surface area contributed by atoms with Gasteiger partial charge in [-0.15, -0.1) is 22.1 Å². The Labute approximate surface area is 541 Å². The molecule has 0 atom stereocenters. The molecule has 3 aromatic heterocycles. The number of nitrogens with zero attached hydrogens (tertiary/aromatic N) is 4. The molecule has 0 radical (unpaired) electrons. The van der Waals surface area contributed by atoms with Crippen LogP contribution < -0.4 is 9.97 Å². The summed E-state index contributed by atoms with van der Waals surface area (Å²) < 4.78 is 0. The van der Waals surface area contributed by atoms with E-state index >= 15 is 0 Å². The minimum atomic E-state index is -0.0764. The largest absolute Gasteiger partial charge is 2.00 e. The summed E-state index contributed by atoms with van der Waals surface area (Å²) in [7, 11) is 0. The van der Waals surface area contributed by atoms with Crippen LogP contribution in [0.1, 0.15) is 197 Å². The van der Waals surface area contributed by atoms with Crippen molar-refractivity contribution in [1.29, 1.82) is 0 Å². The summed E-state index contributed by atoms with van der Waals surface area (Å²) in [6.45, 7) is 31.8. The van der Waals surface area contributed by atoms with Crippen LogP contribution in [0.5, 0.6) is 0 Å². The second-order valence-corrected chi connectivity index (χ2v) is 25.2. The van der Waals surface area contributed by atoms with Gasteiger partial charge in [0.1, 0.15) is 0 Å². The van der Waals surface area contributed by atoms with E-state index in [4.69, 9.17) is 19.9 Å². The van der Waals surface area contributed by atoms with Crippen LogP contribution >= 0.6 is 0 Å². The first-order valence-corrected chi connectivity index (χ1v) is 31.1. The predicted molar refractivity (Wildman–Crippen MR) is 371 cm³/mol. The second-order valence-electron chi connectivity index (χ2n) is 25.2. The molecule has 6 aromatic carbocycles. The molecule has 11 rings (SSSR count). The van der Waals surface area contributed by atoms with Gasteiger partial charge in [-0.1, -0.05) is 200 Å². The van der Waals surface area contributed by atoms with Crippen molar-refractivity contribution in [2.45, 2.75) is 133 Å². The van der Waals surface area contributed by atoms with Gasteiger partial charge in [0.15, 0.2) is 0 Å². The van der Waals surface area contributed by atoms with Crippen LogP contribution in [-0.2, 0) is 43.1 Å².